The Bertz CT molecular complexity index is 729. The van der Waals surface area contributed by atoms with Crippen LogP contribution in [0.15, 0.2) is 48.5 Å². The fourth-order valence-electron chi connectivity index (χ4n) is 2.53. The van der Waals surface area contributed by atoms with E-state index in [0.717, 1.165) is 23.8 Å². The highest BCUT2D eigenvalue weighted by Crippen LogP contribution is 2.26. The average molecular weight is 329 g/mol. The van der Waals surface area contributed by atoms with Crippen molar-refractivity contribution in [1.29, 1.82) is 0 Å². The summed E-state index contributed by atoms with van der Waals surface area (Å²) in [5.41, 5.74) is 0.644. The number of carbonyl (C=O) groups excluding carboxylic acids is 1. The Kier molecular flexibility index (Phi) is 5.52. The Morgan fingerprint density at radius 1 is 1.25 bits per heavy atom. The summed E-state index contributed by atoms with van der Waals surface area (Å²) in [5.74, 6) is -1.06. The lowest BCUT2D eigenvalue weighted by Crippen LogP contribution is -2.23. The van der Waals surface area contributed by atoms with Crippen LogP contribution in [0.5, 0.6) is 5.75 Å². The van der Waals surface area contributed by atoms with Crippen LogP contribution >= 0.6 is 0 Å². The highest BCUT2D eigenvalue weighted by molar-refractivity contribution is 5.90. The predicted octanol–water partition coefficient (Wildman–Crippen LogP) is 4.04. The molecule has 0 fully saturated rings. The van der Waals surface area contributed by atoms with E-state index in [9.17, 15) is 20.0 Å². The first-order chi connectivity index (χ1) is 11.4. The third kappa shape index (κ3) is 4.10. The van der Waals surface area contributed by atoms with Crippen molar-refractivity contribution in [2.24, 2.45) is 0 Å². The van der Waals surface area contributed by atoms with E-state index in [1.807, 2.05) is 44.2 Å². The zero-order chi connectivity index (χ0) is 17.7. The molecule has 0 radical (unpaired) electrons. The fourth-order valence-corrected chi connectivity index (χ4v) is 2.53. The largest absolute Gasteiger partial charge is 0.508 e. The summed E-state index contributed by atoms with van der Waals surface area (Å²) in [6.07, 6.45) is 0.226. The molecule has 1 N–H and O–H groups in total. The molecule has 0 aliphatic rings. The molecule has 2 rings (SSSR count). The molecule has 0 aromatic heterocycles. The quantitative estimate of drug-likeness (QED) is 0.491. The number of hydrogen-bond acceptors (Lipinski definition) is 5. The summed E-state index contributed by atoms with van der Waals surface area (Å²) in [4.78, 5) is 22.5. The van der Waals surface area contributed by atoms with Gasteiger partial charge in [-0.1, -0.05) is 44.2 Å². The van der Waals surface area contributed by atoms with Crippen molar-refractivity contribution in [3.05, 3.63) is 69.8 Å². The molecule has 0 bridgehead atoms. The van der Waals surface area contributed by atoms with Gasteiger partial charge in [0.25, 0.3) is 5.69 Å². The van der Waals surface area contributed by atoms with Crippen LogP contribution in [0.25, 0.3) is 0 Å². The zero-order valence-corrected chi connectivity index (χ0v) is 13.5. The van der Waals surface area contributed by atoms with Gasteiger partial charge in [-0.05, 0) is 18.1 Å². The number of nitro benzene ring substituents is 1. The minimum Gasteiger partial charge on any atom is -0.508 e. The van der Waals surface area contributed by atoms with E-state index < -0.39 is 10.9 Å². The number of hydrogen-bond donors (Lipinski definition) is 1. The normalized spacial score (nSPS) is 13.1. The molecule has 0 aliphatic heterocycles. The lowest BCUT2D eigenvalue weighted by molar-refractivity contribution is -0.385. The van der Waals surface area contributed by atoms with Crippen molar-refractivity contribution in [1.82, 2.24) is 0 Å². The van der Waals surface area contributed by atoms with E-state index in [1.54, 1.807) is 0 Å². The SMILES string of the molecule is CC[C@H](OC(=O)c1cc(O)cc([N+](=O)[O-])c1)[C@H](C)c1ccccc1. The number of phenols is 1. The Morgan fingerprint density at radius 3 is 2.50 bits per heavy atom. The Labute approximate surface area is 139 Å². The molecule has 0 unspecified atom stereocenters. The molecule has 6 heteroatoms. The lowest BCUT2D eigenvalue weighted by atomic mass is 9.94. The van der Waals surface area contributed by atoms with Crippen LogP contribution in [0, 0.1) is 10.1 Å². The number of aromatic hydroxyl groups is 1. The van der Waals surface area contributed by atoms with Crippen LogP contribution in [0.3, 0.4) is 0 Å². The van der Waals surface area contributed by atoms with Crippen LogP contribution in [0.4, 0.5) is 5.69 Å². The van der Waals surface area contributed by atoms with Gasteiger partial charge in [0.2, 0.25) is 0 Å². The van der Waals surface area contributed by atoms with Gasteiger partial charge in [0, 0.05) is 12.0 Å². The first kappa shape index (κ1) is 17.5. The smallest absolute Gasteiger partial charge is 0.338 e. The number of ether oxygens (including phenoxy) is 1. The standard InChI is InChI=1S/C18H19NO5/c1-3-17(12(2)13-7-5-4-6-8-13)24-18(21)14-9-15(19(22)23)11-16(20)10-14/h4-12,17,20H,3H2,1-2H3/t12-,17+/m1/s1. The van der Waals surface area contributed by atoms with Crippen molar-refractivity contribution < 1.29 is 19.6 Å². The Morgan fingerprint density at radius 2 is 1.92 bits per heavy atom. The molecule has 6 nitrogen and oxygen atoms in total. The number of esters is 1. The van der Waals surface area contributed by atoms with Crippen molar-refractivity contribution in [3.63, 3.8) is 0 Å². The van der Waals surface area contributed by atoms with Gasteiger partial charge in [0.1, 0.15) is 11.9 Å². The second-order valence-electron chi connectivity index (χ2n) is 5.55. The maximum Gasteiger partial charge on any atom is 0.338 e. The van der Waals surface area contributed by atoms with Gasteiger partial charge in [-0.3, -0.25) is 10.1 Å². The summed E-state index contributed by atoms with van der Waals surface area (Å²) in [5, 5.41) is 20.4. The summed E-state index contributed by atoms with van der Waals surface area (Å²) in [7, 11) is 0. The van der Waals surface area contributed by atoms with Crippen molar-refractivity contribution in [2.75, 3.05) is 0 Å². The first-order valence-corrected chi connectivity index (χ1v) is 7.66. The molecular weight excluding hydrogens is 310 g/mol. The van der Waals surface area contributed by atoms with Gasteiger partial charge in [-0.2, -0.15) is 0 Å². The summed E-state index contributed by atoms with van der Waals surface area (Å²) < 4.78 is 5.52. The van der Waals surface area contributed by atoms with Crippen LogP contribution in [-0.2, 0) is 4.74 Å². The first-order valence-electron chi connectivity index (χ1n) is 7.66. The minimum absolute atomic E-state index is 0.0209. The molecule has 0 spiro atoms. The molecule has 0 aliphatic carbocycles. The van der Waals surface area contributed by atoms with Gasteiger partial charge >= 0.3 is 5.97 Å². The van der Waals surface area contributed by atoms with E-state index in [0.29, 0.717) is 6.42 Å². The van der Waals surface area contributed by atoms with Gasteiger partial charge in [-0.15, -0.1) is 0 Å². The van der Waals surface area contributed by atoms with E-state index in [2.05, 4.69) is 0 Å². The van der Waals surface area contributed by atoms with Crippen LogP contribution in [-0.4, -0.2) is 22.1 Å². The third-order valence-corrected chi connectivity index (χ3v) is 3.89. The van der Waals surface area contributed by atoms with E-state index in [4.69, 9.17) is 4.74 Å². The molecule has 0 saturated heterocycles. The monoisotopic (exact) mass is 329 g/mol. The maximum absolute atomic E-state index is 12.3. The zero-order valence-electron chi connectivity index (χ0n) is 13.5. The molecule has 0 heterocycles. The predicted molar refractivity (Wildman–Crippen MR) is 89.1 cm³/mol. The molecule has 2 aromatic carbocycles. The Balaban J connectivity index is 2.19. The molecular formula is C18H19NO5. The topological polar surface area (TPSA) is 89.7 Å². The average Bonchev–Trinajstić information content (AvgIpc) is 2.59. The number of rotatable bonds is 6. The van der Waals surface area contributed by atoms with Crippen LogP contribution in [0.1, 0.15) is 42.1 Å². The van der Waals surface area contributed by atoms with E-state index in [1.165, 1.54) is 0 Å². The Hall–Kier alpha value is -2.89. The number of non-ortho nitro benzene ring substituents is 1. The lowest BCUT2D eigenvalue weighted by Gasteiger charge is -2.23. The van der Waals surface area contributed by atoms with Crippen molar-refractivity contribution in [2.45, 2.75) is 32.3 Å². The number of nitrogens with zero attached hydrogens (tertiary/aromatic N) is 1. The molecule has 2 aromatic rings. The van der Waals surface area contributed by atoms with Gasteiger partial charge < -0.3 is 9.84 Å². The molecule has 126 valence electrons. The highest BCUT2D eigenvalue weighted by Gasteiger charge is 2.23. The second-order valence-corrected chi connectivity index (χ2v) is 5.55. The third-order valence-electron chi connectivity index (χ3n) is 3.89. The summed E-state index contributed by atoms with van der Waals surface area (Å²) in [6, 6.07) is 12.9. The van der Waals surface area contributed by atoms with Gasteiger partial charge in [0.05, 0.1) is 16.6 Å². The number of carbonyl (C=O) groups is 1. The van der Waals surface area contributed by atoms with E-state index in [-0.39, 0.29) is 29.0 Å². The number of phenolic OH excluding ortho intramolecular Hbond substituents is 1. The number of benzene rings is 2. The maximum atomic E-state index is 12.3. The second kappa shape index (κ2) is 7.59. The molecule has 24 heavy (non-hydrogen) atoms. The molecule has 2 atom stereocenters. The minimum atomic E-state index is -0.691. The van der Waals surface area contributed by atoms with Crippen molar-refractivity contribution in [3.8, 4) is 5.75 Å². The van der Waals surface area contributed by atoms with Crippen molar-refractivity contribution >= 4 is 11.7 Å². The summed E-state index contributed by atoms with van der Waals surface area (Å²) >= 11 is 0. The summed E-state index contributed by atoms with van der Waals surface area (Å²) in [6.45, 7) is 3.87. The van der Waals surface area contributed by atoms with E-state index >= 15 is 0 Å². The highest BCUT2D eigenvalue weighted by atomic mass is 16.6. The van der Waals surface area contributed by atoms with Gasteiger partial charge in [0.15, 0.2) is 0 Å². The molecule has 0 saturated carbocycles. The molecule has 0 amide bonds. The van der Waals surface area contributed by atoms with Crippen LogP contribution in [0.2, 0.25) is 0 Å². The van der Waals surface area contributed by atoms with Crippen LogP contribution < -0.4 is 0 Å². The van der Waals surface area contributed by atoms with Gasteiger partial charge in [-0.25, -0.2) is 4.79 Å². The number of nitro groups is 1. The fraction of sp³-hybridized carbons (Fsp3) is 0.278.